The van der Waals surface area contributed by atoms with Crippen LogP contribution < -0.4 is 14.4 Å². The number of hydrogen-bond donors (Lipinski definition) is 1. The van der Waals surface area contributed by atoms with Crippen molar-refractivity contribution in [1.82, 2.24) is 5.32 Å². The second-order valence-electron chi connectivity index (χ2n) is 7.36. The highest BCUT2D eigenvalue weighted by Crippen LogP contribution is 2.37. The highest BCUT2D eigenvalue weighted by Gasteiger charge is 2.36. The first kappa shape index (κ1) is 25.8. The van der Waals surface area contributed by atoms with Crippen LogP contribution in [0.1, 0.15) is 23.6 Å². The van der Waals surface area contributed by atoms with Gasteiger partial charge in [-0.1, -0.05) is 17.7 Å². The number of halogens is 4. The standard InChI is InChI=1S/C21H24ClF3N2O4S/c1-13-9-14(2)11-17(10-13)31-8-7-26-20(28)15(3)27(32(4,29)30)16-5-6-19(22)18(12-16)21(23,24)25/h5-6,9-12,15H,7-8H2,1-4H3,(H,26,28). The predicted molar refractivity (Wildman–Crippen MR) is 118 cm³/mol. The molecule has 32 heavy (non-hydrogen) atoms. The van der Waals surface area contributed by atoms with Crippen molar-refractivity contribution in [3.8, 4) is 5.75 Å². The molecule has 0 aliphatic rings. The number of nitrogens with one attached hydrogen (secondary N) is 1. The maximum atomic E-state index is 13.2. The first-order valence-electron chi connectivity index (χ1n) is 9.55. The number of alkyl halides is 3. The average Bonchev–Trinajstić information content (AvgIpc) is 2.63. The minimum absolute atomic E-state index is 0.0716. The number of carbonyl (C=O) groups excluding carboxylic acids is 1. The fourth-order valence-electron chi connectivity index (χ4n) is 3.18. The fraction of sp³-hybridized carbons (Fsp3) is 0.381. The van der Waals surface area contributed by atoms with Gasteiger partial charge in [0.15, 0.2) is 0 Å². The minimum Gasteiger partial charge on any atom is -0.492 e. The summed E-state index contributed by atoms with van der Waals surface area (Å²) in [5.41, 5.74) is 0.517. The molecule has 11 heteroatoms. The molecule has 2 rings (SSSR count). The van der Waals surface area contributed by atoms with Crippen LogP contribution in [-0.2, 0) is 21.0 Å². The molecule has 0 aliphatic heterocycles. The lowest BCUT2D eigenvalue weighted by atomic mass is 10.1. The molecule has 0 bridgehead atoms. The van der Waals surface area contributed by atoms with Crippen LogP contribution in [0.5, 0.6) is 5.75 Å². The van der Waals surface area contributed by atoms with Gasteiger partial charge in [-0.3, -0.25) is 9.10 Å². The van der Waals surface area contributed by atoms with E-state index in [1.807, 2.05) is 32.0 Å². The number of carbonyl (C=O) groups is 1. The molecule has 0 aromatic heterocycles. The molecule has 6 nitrogen and oxygen atoms in total. The smallest absolute Gasteiger partial charge is 0.417 e. The highest BCUT2D eigenvalue weighted by atomic mass is 35.5. The molecule has 1 N–H and O–H groups in total. The molecule has 2 aromatic rings. The van der Waals surface area contributed by atoms with Gasteiger partial charge in [-0.05, 0) is 62.2 Å². The van der Waals surface area contributed by atoms with E-state index in [2.05, 4.69) is 5.32 Å². The van der Waals surface area contributed by atoms with Crippen molar-refractivity contribution < 1.29 is 31.1 Å². The predicted octanol–water partition coefficient (Wildman–Crippen LogP) is 4.33. The molecular weight excluding hydrogens is 469 g/mol. The van der Waals surface area contributed by atoms with Crippen molar-refractivity contribution in [3.05, 3.63) is 58.1 Å². The summed E-state index contributed by atoms with van der Waals surface area (Å²) in [4.78, 5) is 12.6. The molecule has 1 unspecified atom stereocenters. The van der Waals surface area contributed by atoms with Crippen LogP contribution in [0.15, 0.2) is 36.4 Å². The Hall–Kier alpha value is -2.46. The Morgan fingerprint density at radius 3 is 2.28 bits per heavy atom. The molecule has 0 saturated heterocycles. The van der Waals surface area contributed by atoms with Crippen LogP contribution in [0.4, 0.5) is 18.9 Å². The number of nitrogens with zero attached hydrogens (tertiary/aromatic N) is 1. The van der Waals surface area contributed by atoms with E-state index in [0.29, 0.717) is 16.1 Å². The van der Waals surface area contributed by atoms with Gasteiger partial charge in [-0.15, -0.1) is 0 Å². The van der Waals surface area contributed by atoms with Crippen LogP contribution in [-0.4, -0.2) is 39.8 Å². The Morgan fingerprint density at radius 2 is 1.75 bits per heavy atom. The van der Waals surface area contributed by atoms with Crippen LogP contribution >= 0.6 is 11.6 Å². The van der Waals surface area contributed by atoms with Gasteiger partial charge in [0.05, 0.1) is 29.1 Å². The molecule has 176 valence electrons. The van der Waals surface area contributed by atoms with Crippen LogP contribution in [0.3, 0.4) is 0 Å². The van der Waals surface area contributed by atoms with Gasteiger partial charge in [-0.25, -0.2) is 8.42 Å². The van der Waals surface area contributed by atoms with Crippen molar-refractivity contribution in [3.63, 3.8) is 0 Å². The van der Waals surface area contributed by atoms with E-state index in [1.54, 1.807) is 0 Å². The number of sulfonamides is 1. The normalized spacial score (nSPS) is 12.9. The number of amides is 1. The van der Waals surface area contributed by atoms with Crippen LogP contribution in [0.2, 0.25) is 5.02 Å². The van der Waals surface area contributed by atoms with E-state index in [1.165, 1.54) is 6.92 Å². The first-order valence-corrected chi connectivity index (χ1v) is 11.8. The topological polar surface area (TPSA) is 75.7 Å². The van der Waals surface area contributed by atoms with Crippen molar-refractivity contribution in [2.75, 3.05) is 23.7 Å². The average molecular weight is 493 g/mol. The lowest BCUT2D eigenvalue weighted by Crippen LogP contribution is -2.48. The number of aryl methyl sites for hydroxylation is 2. The van der Waals surface area contributed by atoms with E-state index in [-0.39, 0.29) is 18.8 Å². The van der Waals surface area contributed by atoms with Gasteiger partial charge in [0.2, 0.25) is 15.9 Å². The summed E-state index contributed by atoms with van der Waals surface area (Å²) < 4.78 is 70.4. The van der Waals surface area contributed by atoms with Gasteiger partial charge in [0.25, 0.3) is 0 Å². The number of anilines is 1. The maximum Gasteiger partial charge on any atom is 0.417 e. The second-order valence-corrected chi connectivity index (χ2v) is 9.63. The third-order valence-corrected chi connectivity index (χ3v) is 6.03. The second kappa shape index (κ2) is 9.99. The van der Waals surface area contributed by atoms with Gasteiger partial charge in [-0.2, -0.15) is 13.2 Å². The van der Waals surface area contributed by atoms with Crippen molar-refractivity contribution >= 4 is 33.2 Å². The van der Waals surface area contributed by atoms with E-state index in [9.17, 15) is 26.4 Å². The largest absolute Gasteiger partial charge is 0.492 e. The molecule has 0 radical (unpaired) electrons. The molecule has 1 amide bonds. The van der Waals surface area contributed by atoms with Crippen molar-refractivity contribution in [1.29, 1.82) is 0 Å². The maximum absolute atomic E-state index is 13.2. The summed E-state index contributed by atoms with van der Waals surface area (Å²) in [5, 5.41) is 1.97. The van der Waals surface area contributed by atoms with Gasteiger partial charge < -0.3 is 10.1 Å². The third-order valence-electron chi connectivity index (χ3n) is 4.46. The lowest BCUT2D eigenvalue weighted by molar-refractivity contribution is -0.137. The van der Waals surface area contributed by atoms with Crippen molar-refractivity contribution in [2.45, 2.75) is 33.0 Å². The summed E-state index contributed by atoms with van der Waals surface area (Å²) in [5.74, 6) is -0.0636. The molecule has 0 fully saturated rings. The molecule has 2 aromatic carbocycles. The Kier molecular flexibility index (Phi) is 8.06. The SMILES string of the molecule is Cc1cc(C)cc(OCCNC(=O)C(C)N(c2ccc(Cl)c(C(F)(F)F)c2)S(C)(=O)=O)c1. The molecule has 0 saturated carbocycles. The van der Waals surface area contributed by atoms with Crippen LogP contribution in [0.25, 0.3) is 0 Å². The fourth-order valence-corrected chi connectivity index (χ4v) is 4.57. The monoisotopic (exact) mass is 492 g/mol. The van der Waals surface area contributed by atoms with E-state index < -0.39 is 38.7 Å². The molecule has 1 atom stereocenters. The number of ether oxygens (including phenoxy) is 1. The van der Waals surface area contributed by atoms with Crippen molar-refractivity contribution in [2.24, 2.45) is 0 Å². The number of benzene rings is 2. The Bertz CT molecular complexity index is 1070. The van der Waals surface area contributed by atoms with E-state index in [4.69, 9.17) is 16.3 Å². The summed E-state index contributed by atoms with van der Waals surface area (Å²) >= 11 is 5.62. The minimum atomic E-state index is -4.78. The zero-order chi connectivity index (χ0) is 24.3. The summed E-state index contributed by atoms with van der Waals surface area (Å²) in [6, 6.07) is 7.01. The molecule has 0 aliphatic carbocycles. The first-order chi connectivity index (χ1) is 14.7. The number of rotatable bonds is 8. The van der Waals surface area contributed by atoms with Gasteiger partial charge >= 0.3 is 6.18 Å². The Morgan fingerprint density at radius 1 is 1.16 bits per heavy atom. The summed E-state index contributed by atoms with van der Waals surface area (Å²) in [6.07, 6.45) is -3.98. The zero-order valence-corrected chi connectivity index (χ0v) is 19.5. The Labute approximate surface area is 190 Å². The zero-order valence-electron chi connectivity index (χ0n) is 18.0. The third kappa shape index (κ3) is 6.77. The Balaban J connectivity index is 2.13. The van der Waals surface area contributed by atoms with Crippen LogP contribution in [0, 0.1) is 13.8 Å². The lowest BCUT2D eigenvalue weighted by Gasteiger charge is -2.29. The molecule has 0 heterocycles. The quantitative estimate of drug-likeness (QED) is 0.557. The molecular formula is C21H24ClF3N2O4S. The van der Waals surface area contributed by atoms with E-state index in [0.717, 1.165) is 29.5 Å². The van der Waals surface area contributed by atoms with E-state index >= 15 is 0 Å². The highest BCUT2D eigenvalue weighted by molar-refractivity contribution is 7.92. The van der Waals surface area contributed by atoms with Gasteiger partial charge in [0.1, 0.15) is 18.4 Å². The van der Waals surface area contributed by atoms with Gasteiger partial charge in [0, 0.05) is 0 Å². The summed E-state index contributed by atoms with van der Waals surface area (Å²) in [6.45, 7) is 5.32. The molecule has 0 spiro atoms. The summed E-state index contributed by atoms with van der Waals surface area (Å²) in [7, 11) is -4.09. The number of hydrogen-bond acceptors (Lipinski definition) is 4.